The van der Waals surface area contributed by atoms with E-state index in [1.165, 1.54) is 257 Å². The van der Waals surface area contributed by atoms with Gasteiger partial charge in [0.1, 0.15) is 0 Å². The number of carbonyl (C=O) groups is 2. The molecule has 0 aliphatic heterocycles. The minimum Gasteiger partial charge on any atom is -0.466 e. The van der Waals surface area contributed by atoms with E-state index >= 15 is 0 Å². The summed E-state index contributed by atoms with van der Waals surface area (Å²) in [6.45, 7) is 4.94. The van der Waals surface area contributed by atoms with Crippen LogP contribution in [0.5, 0.6) is 0 Å². The van der Waals surface area contributed by atoms with Crippen LogP contribution >= 0.6 is 0 Å². The van der Waals surface area contributed by atoms with Gasteiger partial charge in [0, 0.05) is 12.8 Å². The molecule has 0 saturated carbocycles. The van der Waals surface area contributed by atoms with E-state index in [2.05, 4.69) is 43.5 Å². The molecule has 0 fully saturated rings. The maximum Gasteiger partial charge on any atom is 0.305 e. The summed E-state index contributed by atoms with van der Waals surface area (Å²) in [4.78, 5) is 24.6. The molecule has 0 aromatic carbocycles. The molecule has 2 unspecified atom stereocenters. The molecule has 0 saturated heterocycles. The molecule has 0 rings (SSSR count). The minimum atomic E-state index is -0.675. The van der Waals surface area contributed by atoms with Gasteiger partial charge in [-0.2, -0.15) is 0 Å². The number of aliphatic hydroxyl groups is 2. The van der Waals surface area contributed by atoms with Crippen LogP contribution < -0.4 is 5.32 Å². The summed E-state index contributed by atoms with van der Waals surface area (Å²) in [6.07, 6.45) is 76.2. The lowest BCUT2D eigenvalue weighted by Crippen LogP contribution is -2.45. The van der Waals surface area contributed by atoms with Crippen molar-refractivity contribution >= 4 is 11.9 Å². The highest BCUT2D eigenvalue weighted by Crippen LogP contribution is 2.18. The van der Waals surface area contributed by atoms with Gasteiger partial charge in [-0.25, -0.2) is 0 Å². The van der Waals surface area contributed by atoms with Crippen LogP contribution in [-0.2, 0) is 14.3 Å². The topological polar surface area (TPSA) is 95.9 Å². The first-order valence-electron chi connectivity index (χ1n) is 32.6. The maximum atomic E-state index is 12.5. The summed E-state index contributed by atoms with van der Waals surface area (Å²) in [7, 11) is 0. The van der Waals surface area contributed by atoms with E-state index in [1.807, 2.05) is 0 Å². The molecule has 0 aliphatic carbocycles. The number of ether oxygens (including phenoxy) is 1. The van der Waals surface area contributed by atoms with Crippen molar-refractivity contribution in [2.45, 2.75) is 373 Å². The summed E-state index contributed by atoms with van der Waals surface area (Å²) in [5.41, 5.74) is 0. The SMILES string of the molecule is CCCCCCCC/C=C\CCCCCCCCCCCC(=O)OCCCCCC/C=C\CCCCCCCCCC(=O)NC(CO)C(O)CCCCCCCCCCCCCCCCCCCCCCC. The molecular formula is C66H127NO5. The van der Waals surface area contributed by atoms with E-state index in [-0.39, 0.29) is 18.5 Å². The molecular weight excluding hydrogens is 887 g/mol. The van der Waals surface area contributed by atoms with Crippen LogP contribution in [0.1, 0.15) is 361 Å². The smallest absolute Gasteiger partial charge is 0.305 e. The van der Waals surface area contributed by atoms with Crippen LogP contribution in [0, 0.1) is 0 Å². The lowest BCUT2D eigenvalue weighted by atomic mass is 10.0. The Balaban J connectivity index is 3.45. The molecule has 0 bridgehead atoms. The fraction of sp³-hybridized carbons (Fsp3) is 0.909. The Hall–Kier alpha value is -1.66. The van der Waals surface area contributed by atoms with Gasteiger partial charge in [0.2, 0.25) is 5.91 Å². The van der Waals surface area contributed by atoms with Crippen LogP contribution in [0.3, 0.4) is 0 Å². The first kappa shape index (κ1) is 70.3. The van der Waals surface area contributed by atoms with Gasteiger partial charge in [0.05, 0.1) is 25.4 Å². The number of rotatable bonds is 61. The lowest BCUT2D eigenvalue weighted by Gasteiger charge is -2.22. The molecule has 0 aromatic heterocycles. The standard InChI is InChI=1S/C66H127NO5/c1-3-5-7-9-11-13-15-17-19-21-23-24-26-27-30-34-38-42-46-50-54-58-64(69)63(62-68)67-65(70)59-55-51-47-43-39-35-31-29-33-37-41-45-49-53-57-61-72-66(71)60-56-52-48-44-40-36-32-28-25-22-20-18-16-14-12-10-8-6-4-2/h18,20,33,37,63-64,68-69H,3-17,19,21-32,34-36,38-62H2,1-2H3,(H,67,70)/b20-18-,37-33-. The van der Waals surface area contributed by atoms with Crippen molar-refractivity contribution < 1.29 is 24.5 Å². The number of hydrogen-bond donors (Lipinski definition) is 3. The molecule has 426 valence electrons. The number of amides is 1. The number of nitrogens with one attached hydrogen (secondary N) is 1. The van der Waals surface area contributed by atoms with Crippen LogP contribution in [0.15, 0.2) is 24.3 Å². The van der Waals surface area contributed by atoms with Crippen molar-refractivity contribution in [1.29, 1.82) is 0 Å². The summed E-state index contributed by atoms with van der Waals surface area (Å²) in [6, 6.07) is -0.554. The number of allylic oxidation sites excluding steroid dienone is 4. The van der Waals surface area contributed by atoms with Gasteiger partial charge < -0.3 is 20.3 Å². The molecule has 2 atom stereocenters. The molecule has 3 N–H and O–H groups in total. The predicted octanol–water partition coefficient (Wildman–Crippen LogP) is 20.6. The Morgan fingerprint density at radius 1 is 0.375 bits per heavy atom. The highest BCUT2D eigenvalue weighted by Gasteiger charge is 2.20. The molecule has 0 radical (unpaired) electrons. The zero-order chi connectivity index (χ0) is 52.2. The Bertz CT molecular complexity index is 1120. The Labute approximate surface area is 450 Å². The summed E-state index contributed by atoms with van der Waals surface area (Å²) in [5, 5.41) is 23.4. The fourth-order valence-corrected chi connectivity index (χ4v) is 10.2. The first-order valence-corrected chi connectivity index (χ1v) is 32.6. The largest absolute Gasteiger partial charge is 0.466 e. The third-order valence-electron chi connectivity index (χ3n) is 15.2. The highest BCUT2D eigenvalue weighted by molar-refractivity contribution is 5.76. The molecule has 6 nitrogen and oxygen atoms in total. The van der Waals surface area contributed by atoms with Crippen molar-refractivity contribution in [3.05, 3.63) is 24.3 Å². The van der Waals surface area contributed by atoms with Gasteiger partial charge in [0.25, 0.3) is 0 Å². The van der Waals surface area contributed by atoms with E-state index in [9.17, 15) is 19.8 Å². The molecule has 0 spiro atoms. The van der Waals surface area contributed by atoms with Crippen LogP contribution in [0.25, 0.3) is 0 Å². The third kappa shape index (κ3) is 57.6. The number of carbonyl (C=O) groups excluding carboxylic acids is 2. The minimum absolute atomic E-state index is 0.00948. The predicted molar refractivity (Wildman–Crippen MR) is 315 cm³/mol. The first-order chi connectivity index (χ1) is 35.5. The maximum absolute atomic E-state index is 12.5. The number of aliphatic hydroxyl groups excluding tert-OH is 2. The third-order valence-corrected chi connectivity index (χ3v) is 15.2. The van der Waals surface area contributed by atoms with Gasteiger partial charge in [-0.15, -0.1) is 0 Å². The summed E-state index contributed by atoms with van der Waals surface area (Å²) in [5.74, 6) is -0.0561. The van der Waals surface area contributed by atoms with Crippen molar-refractivity contribution in [1.82, 2.24) is 5.32 Å². The molecule has 72 heavy (non-hydrogen) atoms. The zero-order valence-electron chi connectivity index (χ0n) is 48.7. The lowest BCUT2D eigenvalue weighted by molar-refractivity contribution is -0.143. The van der Waals surface area contributed by atoms with E-state index < -0.39 is 12.1 Å². The van der Waals surface area contributed by atoms with Gasteiger partial charge in [-0.1, -0.05) is 295 Å². The van der Waals surface area contributed by atoms with Crippen LogP contribution in [0.2, 0.25) is 0 Å². The fourth-order valence-electron chi connectivity index (χ4n) is 10.2. The highest BCUT2D eigenvalue weighted by atomic mass is 16.5. The number of esters is 1. The van der Waals surface area contributed by atoms with E-state index in [1.54, 1.807) is 0 Å². The van der Waals surface area contributed by atoms with Crippen LogP contribution in [0.4, 0.5) is 0 Å². The Morgan fingerprint density at radius 2 is 0.653 bits per heavy atom. The van der Waals surface area contributed by atoms with Gasteiger partial charge in [-0.05, 0) is 77.0 Å². The summed E-state index contributed by atoms with van der Waals surface area (Å²) < 4.78 is 5.48. The Kier molecular flexibility index (Phi) is 60.5. The van der Waals surface area contributed by atoms with Crippen molar-refractivity contribution in [2.24, 2.45) is 0 Å². The van der Waals surface area contributed by atoms with E-state index in [0.29, 0.717) is 25.9 Å². The monoisotopic (exact) mass is 1010 g/mol. The number of hydrogen-bond acceptors (Lipinski definition) is 5. The van der Waals surface area contributed by atoms with E-state index in [4.69, 9.17) is 4.74 Å². The molecule has 0 aromatic rings. The van der Waals surface area contributed by atoms with Crippen molar-refractivity contribution in [3.8, 4) is 0 Å². The van der Waals surface area contributed by atoms with Gasteiger partial charge in [0.15, 0.2) is 0 Å². The average Bonchev–Trinajstić information content (AvgIpc) is 3.38. The van der Waals surface area contributed by atoms with Gasteiger partial charge >= 0.3 is 5.97 Å². The Morgan fingerprint density at radius 3 is 0.986 bits per heavy atom. The average molecular weight is 1010 g/mol. The van der Waals surface area contributed by atoms with Crippen molar-refractivity contribution in [3.63, 3.8) is 0 Å². The quantitative estimate of drug-likeness (QED) is 0.0320. The second kappa shape index (κ2) is 61.9. The van der Waals surface area contributed by atoms with Crippen LogP contribution in [-0.4, -0.2) is 47.4 Å². The van der Waals surface area contributed by atoms with Crippen molar-refractivity contribution in [2.75, 3.05) is 13.2 Å². The molecule has 6 heteroatoms. The number of unbranched alkanes of at least 4 members (excludes halogenated alkanes) is 46. The normalized spacial score (nSPS) is 12.7. The second-order valence-corrected chi connectivity index (χ2v) is 22.4. The zero-order valence-corrected chi connectivity index (χ0v) is 48.7. The molecule has 1 amide bonds. The molecule has 0 heterocycles. The van der Waals surface area contributed by atoms with Gasteiger partial charge in [-0.3, -0.25) is 9.59 Å². The summed E-state index contributed by atoms with van der Waals surface area (Å²) >= 11 is 0. The second-order valence-electron chi connectivity index (χ2n) is 22.4. The van der Waals surface area contributed by atoms with E-state index in [0.717, 1.165) is 70.6 Å². The molecule has 0 aliphatic rings.